The zero-order chi connectivity index (χ0) is 18.8. The largest absolute Gasteiger partial charge is 0.497 e. The molecule has 1 aliphatic heterocycles. The van der Waals surface area contributed by atoms with Crippen molar-refractivity contribution < 1.29 is 14.3 Å². The van der Waals surface area contributed by atoms with Crippen LogP contribution in [0.5, 0.6) is 5.75 Å². The Morgan fingerprint density at radius 1 is 1.04 bits per heavy atom. The average molecular weight is 365 g/mol. The maximum Gasteiger partial charge on any atom is 0.323 e. The molecule has 0 atom stereocenters. The maximum atomic E-state index is 12.3. The summed E-state index contributed by atoms with van der Waals surface area (Å²) in [6.07, 6.45) is 2.91. The Hall–Kier alpha value is -3.02. The fourth-order valence-corrected chi connectivity index (χ4v) is 3.41. The Labute approximate surface area is 158 Å². The smallest absolute Gasteiger partial charge is 0.323 e. The van der Waals surface area contributed by atoms with Gasteiger partial charge in [0.25, 0.3) is 0 Å². The topological polar surface area (TPSA) is 70.7 Å². The molecule has 140 valence electrons. The average Bonchev–Trinajstić information content (AvgIpc) is 3.52. The van der Waals surface area contributed by atoms with E-state index in [1.807, 2.05) is 35.2 Å². The van der Waals surface area contributed by atoms with E-state index in [0.29, 0.717) is 18.0 Å². The molecular weight excluding hydrogens is 342 g/mol. The molecule has 1 saturated carbocycles. The van der Waals surface area contributed by atoms with Gasteiger partial charge in [-0.3, -0.25) is 4.79 Å². The van der Waals surface area contributed by atoms with E-state index in [1.165, 1.54) is 5.56 Å². The molecule has 27 heavy (non-hydrogen) atoms. The van der Waals surface area contributed by atoms with Gasteiger partial charge in [0.2, 0.25) is 5.91 Å². The molecule has 1 heterocycles. The van der Waals surface area contributed by atoms with Crippen molar-refractivity contribution in [1.82, 2.24) is 4.90 Å². The Morgan fingerprint density at radius 3 is 2.56 bits per heavy atom. The van der Waals surface area contributed by atoms with Crippen LogP contribution in [0.4, 0.5) is 16.2 Å². The number of hydrogen-bond donors (Lipinski definition) is 2. The number of carbonyl (C=O) groups is 2. The van der Waals surface area contributed by atoms with Crippen LogP contribution in [0.3, 0.4) is 0 Å². The highest BCUT2D eigenvalue weighted by atomic mass is 16.5. The summed E-state index contributed by atoms with van der Waals surface area (Å²) in [5.74, 6) is 1.19. The molecule has 4 rings (SSSR count). The summed E-state index contributed by atoms with van der Waals surface area (Å²) in [5, 5.41) is 5.66. The molecule has 1 aliphatic carbocycles. The number of benzene rings is 2. The molecule has 3 amide bonds. The summed E-state index contributed by atoms with van der Waals surface area (Å²) in [5.41, 5.74) is 3.73. The van der Waals surface area contributed by atoms with Crippen molar-refractivity contribution in [2.75, 3.05) is 24.3 Å². The molecule has 1 fully saturated rings. The van der Waals surface area contributed by atoms with Crippen molar-refractivity contribution >= 4 is 23.3 Å². The SMILES string of the molecule is COc1cccc(NC(=O)Nc2ccc3c(c2)CN(C(=O)C2CC2)CC3)c1. The first-order valence-corrected chi connectivity index (χ1v) is 9.25. The summed E-state index contributed by atoms with van der Waals surface area (Å²) >= 11 is 0. The Balaban J connectivity index is 1.41. The van der Waals surface area contributed by atoms with Gasteiger partial charge in [-0.2, -0.15) is 0 Å². The van der Waals surface area contributed by atoms with Gasteiger partial charge in [-0.05, 0) is 54.7 Å². The van der Waals surface area contributed by atoms with Crippen molar-refractivity contribution in [3.63, 3.8) is 0 Å². The molecule has 2 N–H and O–H groups in total. The lowest BCUT2D eigenvalue weighted by atomic mass is 9.98. The van der Waals surface area contributed by atoms with E-state index in [2.05, 4.69) is 10.6 Å². The molecule has 0 radical (unpaired) electrons. The number of fused-ring (bicyclic) bond motifs is 1. The zero-order valence-electron chi connectivity index (χ0n) is 15.3. The van der Waals surface area contributed by atoms with Crippen molar-refractivity contribution in [3.05, 3.63) is 53.6 Å². The number of hydrogen-bond acceptors (Lipinski definition) is 3. The number of rotatable bonds is 4. The molecule has 0 spiro atoms. The predicted molar refractivity (Wildman–Crippen MR) is 104 cm³/mol. The van der Waals surface area contributed by atoms with Crippen molar-refractivity contribution in [2.45, 2.75) is 25.8 Å². The van der Waals surface area contributed by atoms with Gasteiger partial charge >= 0.3 is 6.03 Å². The molecule has 2 aromatic carbocycles. The highest BCUT2D eigenvalue weighted by molar-refractivity contribution is 5.99. The van der Waals surface area contributed by atoms with E-state index in [4.69, 9.17) is 4.74 Å². The first kappa shape index (κ1) is 17.4. The second-order valence-electron chi connectivity index (χ2n) is 7.08. The maximum absolute atomic E-state index is 12.3. The highest BCUT2D eigenvalue weighted by Crippen LogP contribution is 2.33. The Kier molecular flexibility index (Phi) is 4.71. The molecule has 6 heteroatoms. The molecule has 6 nitrogen and oxygen atoms in total. The fraction of sp³-hybridized carbons (Fsp3) is 0.333. The van der Waals surface area contributed by atoms with Crippen LogP contribution < -0.4 is 15.4 Å². The minimum absolute atomic E-state index is 0.237. The third-order valence-electron chi connectivity index (χ3n) is 5.04. The third-order valence-corrected chi connectivity index (χ3v) is 5.04. The minimum atomic E-state index is -0.315. The van der Waals surface area contributed by atoms with Crippen molar-refractivity contribution in [3.8, 4) is 5.75 Å². The second kappa shape index (κ2) is 7.31. The van der Waals surface area contributed by atoms with Gasteiger partial charge in [-0.15, -0.1) is 0 Å². The summed E-state index contributed by atoms with van der Waals surface area (Å²) in [6.45, 7) is 1.41. The Bertz CT molecular complexity index is 877. The van der Waals surface area contributed by atoms with Gasteiger partial charge in [-0.1, -0.05) is 12.1 Å². The summed E-state index contributed by atoms with van der Waals surface area (Å²) in [6, 6.07) is 12.8. The lowest BCUT2D eigenvalue weighted by Crippen LogP contribution is -2.36. The molecular formula is C21H23N3O3. The number of urea groups is 1. The molecule has 2 aromatic rings. The number of nitrogens with one attached hydrogen (secondary N) is 2. The van der Waals surface area contributed by atoms with Crippen molar-refractivity contribution in [1.29, 1.82) is 0 Å². The monoisotopic (exact) mass is 365 g/mol. The Morgan fingerprint density at radius 2 is 1.81 bits per heavy atom. The minimum Gasteiger partial charge on any atom is -0.497 e. The van der Waals surface area contributed by atoms with Gasteiger partial charge in [-0.25, -0.2) is 4.79 Å². The van der Waals surface area contributed by atoms with Crippen LogP contribution in [-0.2, 0) is 17.8 Å². The van der Waals surface area contributed by atoms with E-state index in [0.717, 1.165) is 37.1 Å². The fourth-order valence-electron chi connectivity index (χ4n) is 3.41. The number of nitrogens with zero attached hydrogens (tertiary/aromatic N) is 1. The van der Waals surface area contributed by atoms with E-state index < -0.39 is 0 Å². The van der Waals surface area contributed by atoms with Crippen LogP contribution >= 0.6 is 0 Å². The van der Waals surface area contributed by atoms with Gasteiger partial charge in [0, 0.05) is 36.4 Å². The molecule has 0 unspecified atom stereocenters. The quantitative estimate of drug-likeness (QED) is 0.869. The van der Waals surface area contributed by atoms with Crippen LogP contribution in [0.15, 0.2) is 42.5 Å². The highest BCUT2D eigenvalue weighted by Gasteiger charge is 2.34. The summed E-state index contributed by atoms with van der Waals surface area (Å²) < 4.78 is 5.16. The molecule has 0 aromatic heterocycles. The lowest BCUT2D eigenvalue weighted by molar-refractivity contribution is -0.133. The number of ether oxygens (including phenoxy) is 1. The molecule has 2 aliphatic rings. The number of methoxy groups -OCH3 is 1. The first-order chi connectivity index (χ1) is 13.1. The van der Waals surface area contributed by atoms with Crippen LogP contribution in [0.1, 0.15) is 24.0 Å². The molecule has 0 bridgehead atoms. The number of carbonyl (C=O) groups excluding carboxylic acids is 2. The van der Waals surface area contributed by atoms with Gasteiger partial charge in [0.05, 0.1) is 7.11 Å². The summed E-state index contributed by atoms with van der Waals surface area (Å²) in [7, 11) is 1.59. The van der Waals surface area contributed by atoms with E-state index in [1.54, 1.807) is 19.2 Å². The van der Waals surface area contributed by atoms with Gasteiger partial charge < -0.3 is 20.3 Å². The third kappa shape index (κ3) is 4.05. The van der Waals surface area contributed by atoms with Crippen molar-refractivity contribution in [2.24, 2.45) is 5.92 Å². The normalized spacial score (nSPS) is 15.7. The van der Waals surface area contributed by atoms with Crippen LogP contribution in [0.2, 0.25) is 0 Å². The number of anilines is 2. The van der Waals surface area contributed by atoms with Crippen LogP contribution in [-0.4, -0.2) is 30.5 Å². The standard InChI is InChI=1S/C21H23N3O3/c1-27-19-4-2-3-17(12-19)22-21(26)23-18-8-7-14-9-10-24(13-16(14)11-18)20(25)15-5-6-15/h2-4,7-8,11-12,15H,5-6,9-10,13H2,1H3,(H2,22,23,26). The zero-order valence-corrected chi connectivity index (χ0v) is 15.3. The first-order valence-electron chi connectivity index (χ1n) is 9.25. The van der Waals surface area contributed by atoms with E-state index >= 15 is 0 Å². The van der Waals surface area contributed by atoms with E-state index in [9.17, 15) is 9.59 Å². The summed E-state index contributed by atoms with van der Waals surface area (Å²) in [4.78, 5) is 26.6. The van der Waals surface area contributed by atoms with Gasteiger partial charge in [0.1, 0.15) is 5.75 Å². The molecule has 0 saturated heterocycles. The lowest BCUT2D eigenvalue weighted by Gasteiger charge is -2.29. The predicted octanol–water partition coefficient (Wildman–Crippen LogP) is 3.63. The van der Waals surface area contributed by atoms with E-state index in [-0.39, 0.29) is 17.9 Å². The second-order valence-corrected chi connectivity index (χ2v) is 7.08. The van der Waals surface area contributed by atoms with Crippen LogP contribution in [0.25, 0.3) is 0 Å². The van der Waals surface area contributed by atoms with Gasteiger partial charge in [0.15, 0.2) is 0 Å². The van der Waals surface area contributed by atoms with Crippen LogP contribution in [0, 0.1) is 5.92 Å². The number of amides is 3.